The standard InChI is InChI=1S/C17H18N2O2/c18-14-9-10-19(15-7-3-2-6-13(14)15)17(21)11-12-5-1-4-8-16(12)20/h1-8,14,20H,9-11,18H2. The lowest BCUT2D eigenvalue weighted by molar-refractivity contribution is -0.118. The van der Waals surface area contributed by atoms with Gasteiger partial charge >= 0.3 is 0 Å². The van der Waals surface area contributed by atoms with Gasteiger partial charge in [-0.3, -0.25) is 4.79 Å². The van der Waals surface area contributed by atoms with Crippen molar-refractivity contribution >= 4 is 11.6 Å². The lowest BCUT2D eigenvalue weighted by Crippen LogP contribution is -2.39. The predicted molar refractivity (Wildman–Crippen MR) is 82.2 cm³/mol. The maximum absolute atomic E-state index is 12.6. The SMILES string of the molecule is NC1CCN(C(=O)Cc2ccccc2O)c2ccccc21. The first-order valence-corrected chi connectivity index (χ1v) is 7.08. The molecule has 0 aromatic heterocycles. The van der Waals surface area contributed by atoms with Crippen molar-refractivity contribution < 1.29 is 9.90 Å². The van der Waals surface area contributed by atoms with E-state index >= 15 is 0 Å². The number of phenolic OH excluding ortho intramolecular Hbond substituents is 1. The number of aromatic hydroxyl groups is 1. The van der Waals surface area contributed by atoms with Crippen LogP contribution in [0.15, 0.2) is 48.5 Å². The van der Waals surface area contributed by atoms with Crippen LogP contribution in [0, 0.1) is 0 Å². The highest BCUT2D eigenvalue weighted by Crippen LogP contribution is 2.32. The molecule has 108 valence electrons. The van der Waals surface area contributed by atoms with Gasteiger partial charge in [-0.25, -0.2) is 0 Å². The third-order valence-electron chi connectivity index (χ3n) is 3.93. The molecule has 3 N–H and O–H groups in total. The van der Waals surface area contributed by atoms with E-state index in [0.717, 1.165) is 17.7 Å². The first-order chi connectivity index (χ1) is 10.2. The minimum atomic E-state index is -0.0182. The highest BCUT2D eigenvalue weighted by atomic mass is 16.3. The first kappa shape index (κ1) is 13.6. The molecule has 4 heteroatoms. The number of benzene rings is 2. The Labute approximate surface area is 123 Å². The second-order valence-corrected chi connectivity index (χ2v) is 5.30. The third kappa shape index (κ3) is 2.62. The van der Waals surface area contributed by atoms with E-state index in [1.807, 2.05) is 30.3 Å². The van der Waals surface area contributed by atoms with Crippen LogP contribution in [-0.2, 0) is 11.2 Å². The van der Waals surface area contributed by atoms with Gasteiger partial charge in [0.15, 0.2) is 0 Å². The number of para-hydroxylation sites is 2. The number of hydrogen-bond donors (Lipinski definition) is 2. The fourth-order valence-electron chi connectivity index (χ4n) is 2.77. The molecule has 0 bridgehead atoms. The molecule has 3 rings (SSSR count). The zero-order valence-electron chi connectivity index (χ0n) is 11.7. The molecule has 1 unspecified atom stereocenters. The molecule has 0 radical (unpaired) electrons. The zero-order valence-corrected chi connectivity index (χ0v) is 11.7. The second kappa shape index (κ2) is 5.58. The van der Waals surface area contributed by atoms with E-state index in [0.29, 0.717) is 12.1 Å². The van der Waals surface area contributed by atoms with Crippen molar-refractivity contribution in [1.82, 2.24) is 0 Å². The van der Waals surface area contributed by atoms with Crippen LogP contribution in [0.3, 0.4) is 0 Å². The van der Waals surface area contributed by atoms with Gasteiger partial charge in [0, 0.05) is 23.8 Å². The van der Waals surface area contributed by atoms with Gasteiger partial charge in [-0.15, -0.1) is 0 Å². The van der Waals surface area contributed by atoms with Gasteiger partial charge in [0.1, 0.15) is 5.75 Å². The van der Waals surface area contributed by atoms with Crippen molar-refractivity contribution in [3.63, 3.8) is 0 Å². The number of nitrogens with zero attached hydrogens (tertiary/aromatic N) is 1. The third-order valence-corrected chi connectivity index (χ3v) is 3.93. The predicted octanol–water partition coefficient (Wildman–Crippen LogP) is 2.37. The summed E-state index contributed by atoms with van der Waals surface area (Å²) in [4.78, 5) is 14.3. The normalized spacial score (nSPS) is 17.4. The van der Waals surface area contributed by atoms with Crippen LogP contribution in [0.1, 0.15) is 23.6 Å². The highest BCUT2D eigenvalue weighted by Gasteiger charge is 2.26. The molecular formula is C17H18N2O2. The molecule has 0 aliphatic carbocycles. The van der Waals surface area contributed by atoms with Gasteiger partial charge in [-0.2, -0.15) is 0 Å². The fraction of sp³-hybridized carbons (Fsp3) is 0.235. The molecule has 0 fully saturated rings. The molecular weight excluding hydrogens is 264 g/mol. The molecule has 21 heavy (non-hydrogen) atoms. The Balaban J connectivity index is 1.86. The molecule has 1 atom stereocenters. The summed E-state index contributed by atoms with van der Waals surface area (Å²) in [5.74, 6) is 0.142. The van der Waals surface area contributed by atoms with Crippen molar-refractivity contribution in [3.8, 4) is 5.75 Å². The summed E-state index contributed by atoms with van der Waals surface area (Å²) in [6.07, 6.45) is 0.944. The molecule has 0 spiro atoms. The second-order valence-electron chi connectivity index (χ2n) is 5.30. The van der Waals surface area contributed by atoms with Gasteiger partial charge in [-0.05, 0) is 24.1 Å². The number of carbonyl (C=O) groups is 1. The molecule has 2 aromatic rings. The smallest absolute Gasteiger partial charge is 0.231 e. The number of phenols is 1. The van der Waals surface area contributed by atoms with Crippen LogP contribution in [0.5, 0.6) is 5.75 Å². The highest BCUT2D eigenvalue weighted by molar-refractivity contribution is 5.96. The lowest BCUT2D eigenvalue weighted by atomic mass is 9.96. The summed E-state index contributed by atoms with van der Waals surface area (Å²) in [5, 5.41) is 9.80. The zero-order chi connectivity index (χ0) is 14.8. The Hall–Kier alpha value is -2.33. The monoisotopic (exact) mass is 282 g/mol. The van der Waals surface area contributed by atoms with Crippen molar-refractivity contribution in [2.45, 2.75) is 18.9 Å². The van der Waals surface area contributed by atoms with Gasteiger partial charge in [0.05, 0.1) is 6.42 Å². The summed E-state index contributed by atoms with van der Waals surface area (Å²) in [6.45, 7) is 0.616. The summed E-state index contributed by atoms with van der Waals surface area (Å²) in [6, 6.07) is 14.7. The Morgan fingerprint density at radius 1 is 1.19 bits per heavy atom. The molecule has 1 heterocycles. The van der Waals surface area contributed by atoms with E-state index in [2.05, 4.69) is 0 Å². The number of fused-ring (bicyclic) bond motifs is 1. The minimum absolute atomic E-state index is 0.0177. The maximum Gasteiger partial charge on any atom is 0.231 e. The van der Waals surface area contributed by atoms with Crippen molar-refractivity contribution in [1.29, 1.82) is 0 Å². The Bertz CT molecular complexity index is 669. The Morgan fingerprint density at radius 3 is 2.71 bits per heavy atom. The van der Waals surface area contributed by atoms with E-state index < -0.39 is 0 Å². The van der Waals surface area contributed by atoms with E-state index in [9.17, 15) is 9.90 Å². The number of hydrogen-bond acceptors (Lipinski definition) is 3. The molecule has 2 aromatic carbocycles. The van der Waals surface area contributed by atoms with E-state index in [4.69, 9.17) is 5.73 Å². The number of carbonyl (C=O) groups excluding carboxylic acids is 1. The Morgan fingerprint density at radius 2 is 1.90 bits per heavy atom. The van der Waals surface area contributed by atoms with Gasteiger partial charge < -0.3 is 15.7 Å². The molecule has 0 saturated carbocycles. The maximum atomic E-state index is 12.6. The number of nitrogens with two attached hydrogens (primary N) is 1. The average Bonchev–Trinajstić information content (AvgIpc) is 2.50. The summed E-state index contributed by atoms with van der Waals surface area (Å²) in [7, 11) is 0. The molecule has 0 saturated heterocycles. The molecule has 1 aliphatic heterocycles. The number of rotatable bonds is 2. The van der Waals surface area contributed by atoms with Crippen molar-refractivity contribution in [2.24, 2.45) is 5.73 Å². The Kier molecular flexibility index (Phi) is 3.62. The number of amides is 1. The van der Waals surface area contributed by atoms with E-state index in [1.165, 1.54) is 0 Å². The average molecular weight is 282 g/mol. The largest absolute Gasteiger partial charge is 0.508 e. The first-order valence-electron chi connectivity index (χ1n) is 7.08. The fourth-order valence-corrected chi connectivity index (χ4v) is 2.77. The van der Waals surface area contributed by atoms with Gasteiger partial charge in [-0.1, -0.05) is 36.4 Å². The topological polar surface area (TPSA) is 66.6 Å². The summed E-state index contributed by atoms with van der Waals surface area (Å²) < 4.78 is 0. The van der Waals surface area contributed by atoms with E-state index in [1.54, 1.807) is 23.1 Å². The minimum Gasteiger partial charge on any atom is -0.508 e. The van der Waals surface area contributed by atoms with Crippen molar-refractivity contribution in [3.05, 3.63) is 59.7 Å². The van der Waals surface area contributed by atoms with Gasteiger partial charge in [0.25, 0.3) is 0 Å². The molecule has 1 aliphatic rings. The summed E-state index contributed by atoms with van der Waals surface area (Å²) in [5.41, 5.74) is 8.65. The molecule has 4 nitrogen and oxygen atoms in total. The number of anilines is 1. The van der Waals surface area contributed by atoms with Gasteiger partial charge in [0.2, 0.25) is 5.91 Å². The van der Waals surface area contributed by atoms with E-state index in [-0.39, 0.29) is 24.1 Å². The quantitative estimate of drug-likeness (QED) is 0.888. The van der Waals surface area contributed by atoms with Crippen LogP contribution < -0.4 is 10.6 Å². The van der Waals surface area contributed by atoms with Crippen LogP contribution >= 0.6 is 0 Å². The van der Waals surface area contributed by atoms with Crippen LogP contribution in [0.2, 0.25) is 0 Å². The van der Waals surface area contributed by atoms with Crippen molar-refractivity contribution in [2.75, 3.05) is 11.4 Å². The molecule has 1 amide bonds. The van der Waals surface area contributed by atoms with Crippen LogP contribution in [0.25, 0.3) is 0 Å². The van der Waals surface area contributed by atoms with Crippen LogP contribution in [0.4, 0.5) is 5.69 Å². The summed E-state index contributed by atoms with van der Waals surface area (Å²) >= 11 is 0. The van der Waals surface area contributed by atoms with Crippen LogP contribution in [-0.4, -0.2) is 17.6 Å². The lowest BCUT2D eigenvalue weighted by Gasteiger charge is -2.32.